The van der Waals surface area contributed by atoms with Gasteiger partial charge in [0, 0.05) is 6.54 Å². The number of rotatable bonds is 1. The number of carbonyl (C=O) groups is 1. The Hall–Kier alpha value is -1.45. The quantitative estimate of drug-likeness (QED) is 0.810. The number of nitrogens with zero attached hydrogens (tertiary/aromatic N) is 2. The fraction of sp³-hybridized carbons (Fsp3) is 0.429. The summed E-state index contributed by atoms with van der Waals surface area (Å²) in [4.78, 5) is 12.4. The summed E-state index contributed by atoms with van der Waals surface area (Å²) in [5.74, 6) is -0.0427. The number of fused-ring (bicyclic) bond motifs is 1. The topological polar surface area (TPSA) is 76.4 Å². The molecule has 3 rings (SSSR count). The zero-order chi connectivity index (χ0) is 14.4. The van der Waals surface area contributed by atoms with Crippen LogP contribution in [-0.2, 0) is 4.79 Å². The minimum absolute atomic E-state index is 0.0427. The van der Waals surface area contributed by atoms with Crippen LogP contribution < -0.4 is 5.43 Å². The molecule has 2 heterocycles. The number of aliphatic hydroxyl groups is 1. The highest BCUT2D eigenvalue weighted by Gasteiger charge is 2.48. The van der Waals surface area contributed by atoms with Crippen molar-refractivity contribution in [3.05, 3.63) is 33.8 Å². The van der Waals surface area contributed by atoms with Crippen molar-refractivity contribution in [3.8, 4) is 6.07 Å². The van der Waals surface area contributed by atoms with Crippen molar-refractivity contribution in [3.63, 3.8) is 0 Å². The third-order valence-corrected chi connectivity index (χ3v) is 4.58. The van der Waals surface area contributed by atoms with Gasteiger partial charge in [0.05, 0.1) is 16.7 Å². The van der Waals surface area contributed by atoms with Gasteiger partial charge >= 0.3 is 0 Å². The van der Waals surface area contributed by atoms with Crippen LogP contribution in [0.2, 0.25) is 5.02 Å². The lowest BCUT2D eigenvalue weighted by Crippen LogP contribution is -2.37. The third-order valence-electron chi connectivity index (χ3n) is 4.10. The second-order valence-electron chi connectivity index (χ2n) is 5.21. The molecule has 20 heavy (non-hydrogen) atoms. The van der Waals surface area contributed by atoms with Crippen molar-refractivity contribution in [1.82, 2.24) is 10.4 Å². The summed E-state index contributed by atoms with van der Waals surface area (Å²) >= 11 is 6.15. The first-order valence-electron chi connectivity index (χ1n) is 6.48. The monoisotopic (exact) mass is 291 g/mol. The Balaban J connectivity index is 1.98. The first kappa shape index (κ1) is 13.5. The molecule has 2 saturated heterocycles. The van der Waals surface area contributed by atoms with Crippen LogP contribution in [0.5, 0.6) is 0 Å². The Labute approximate surface area is 121 Å². The van der Waals surface area contributed by atoms with E-state index >= 15 is 0 Å². The van der Waals surface area contributed by atoms with Gasteiger partial charge in [-0.1, -0.05) is 17.7 Å². The average molecular weight is 292 g/mol. The molecule has 6 heteroatoms. The standard InChI is InChI=1S/C14H14ClN3O2/c1-7-9(3-2-8(6-16)11(7)15)12-14(20)13-10(19)4-5-18(13)17-12/h2-3,10,12-13,17,19H,4-5H2,1H3/t10-,12?,13+/m1/s1. The van der Waals surface area contributed by atoms with Crippen molar-refractivity contribution < 1.29 is 9.90 Å². The van der Waals surface area contributed by atoms with Crippen molar-refractivity contribution in [2.24, 2.45) is 0 Å². The number of carbonyl (C=O) groups excluding carboxylic acids is 1. The molecule has 0 bridgehead atoms. The van der Waals surface area contributed by atoms with Crippen LogP contribution in [0, 0.1) is 18.3 Å². The van der Waals surface area contributed by atoms with Gasteiger partial charge in [-0.05, 0) is 30.5 Å². The summed E-state index contributed by atoms with van der Waals surface area (Å²) < 4.78 is 0. The summed E-state index contributed by atoms with van der Waals surface area (Å²) in [6.45, 7) is 2.45. The molecular formula is C14H14ClN3O2. The fourth-order valence-electron chi connectivity index (χ4n) is 2.99. The van der Waals surface area contributed by atoms with Gasteiger partial charge in [0.1, 0.15) is 18.2 Å². The molecule has 0 spiro atoms. The lowest BCUT2D eigenvalue weighted by molar-refractivity contribution is -0.122. The largest absolute Gasteiger partial charge is 0.391 e. The van der Waals surface area contributed by atoms with E-state index in [4.69, 9.17) is 16.9 Å². The predicted octanol–water partition coefficient (Wildman–Crippen LogP) is 1.08. The van der Waals surface area contributed by atoms with E-state index in [0.29, 0.717) is 23.6 Å². The Morgan fingerprint density at radius 1 is 1.55 bits per heavy atom. The first-order valence-corrected chi connectivity index (χ1v) is 6.86. The van der Waals surface area contributed by atoms with Crippen LogP contribution in [0.25, 0.3) is 0 Å². The Morgan fingerprint density at radius 3 is 2.95 bits per heavy atom. The Morgan fingerprint density at radius 2 is 2.30 bits per heavy atom. The molecule has 3 atom stereocenters. The maximum atomic E-state index is 12.4. The van der Waals surface area contributed by atoms with E-state index in [9.17, 15) is 9.90 Å². The van der Waals surface area contributed by atoms with Crippen LogP contribution >= 0.6 is 11.6 Å². The number of hydrogen-bond acceptors (Lipinski definition) is 5. The smallest absolute Gasteiger partial charge is 0.176 e. The molecule has 1 aromatic rings. The zero-order valence-electron chi connectivity index (χ0n) is 10.9. The summed E-state index contributed by atoms with van der Waals surface area (Å²) in [5, 5.41) is 21.0. The van der Waals surface area contributed by atoms with Gasteiger partial charge < -0.3 is 5.11 Å². The number of nitrogens with one attached hydrogen (secondary N) is 1. The van der Waals surface area contributed by atoms with Crippen LogP contribution in [0.3, 0.4) is 0 Å². The first-order chi connectivity index (χ1) is 9.54. The van der Waals surface area contributed by atoms with Crippen LogP contribution in [0.1, 0.15) is 29.2 Å². The second kappa shape index (κ2) is 4.83. The van der Waals surface area contributed by atoms with Crippen LogP contribution in [-0.4, -0.2) is 34.6 Å². The van der Waals surface area contributed by atoms with Crippen LogP contribution in [0.4, 0.5) is 0 Å². The summed E-state index contributed by atoms with van der Waals surface area (Å²) in [6.07, 6.45) is -0.0161. The predicted molar refractivity (Wildman–Crippen MR) is 72.9 cm³/mol. The molecule has 0 amide bonds. The highest BCUT2D eigenvalue weighted by atomic mass is 35.5. The van der Waals surface area contributed by atoms with E-state index in [2.05, 4.69) is 5.43 Å². The molecular weight excluding hydrogens is 278 g/mol. The molecule has 2 N–H and O–H groups in total. The van der Waals surface area contributed by atoms with Crippen molar-refractivity contribution in [2.45, 2.75) is 31.5 Å². The molecule has 2 fully saturated rings. The minimum Gasteiger partial charge on any atom is -0.391 e. The molecule has 1 aromatic carbocycles. The second-order valence-corrected chi connectivity index (χ2v) is 5.59. The number of hydrogen-bond donors (Lipinski definition) is 2. The lowest BCUT2D eigenvalue weighted by atomic mass is 9.94. The molecule has 0 aromatic heterocycles. The lowest BCUT2D eigenvalue weighted by Gasteiger charge is -2.16. The van der Waals surface area contributed by atoms with E-state index in [1.165, 1.54) is 0 Å². The minimum atomic E-state index is -0.617. The zero-order valence-corrected chi connectivity index (χ0v) is 11.7. The fourth-order valence-corrected chi connectivity index (χ4v) is 3.20. The number of halogens is 1. The van der Waals surface area contributed by atoms with Gasteiger partial charge in [-0.15, -0.1) is 0 Å². The van der Waals surface area contributed by atoms with Gasteiger partial charge in [-0.25, -0.2) is 10.4 Å². The number of aliphatic hydroxyl groups excluding tert-OH is 1. The molecule has 5 nitrogen and oxygen atoms in total. The normalized spacial score (nSPS) is 29.5. The highest BCUT2D eigenvalue weighted by Crippen LogP contribution is 2.34. The molecule has 2 aliphatic heterocycles. The molecule has 2 aliphatic rings. The molecule has 0 saturated carbocycles. The summed E-state index contributed by atoms with van der Waals surface area (Å²) in [6, 6.07) is 4.42. The Kier molecular flexibility index (Phi) is 3.27. The van der Waals surface area contributed by atoms with Gasteiger partial charge in [0.25, 0.3) is 0 Å². The van der Waals surface area contributed by atoms with E-state index in [1.807, 2.05) is 6.07 Å². The van der Waals surface area contributed by atoms with E-state index in [0.717, 1.165) is 11.1 Å². The SMILES string of the molecule is Cc1c(C2NN3CC[C@@H](O)[C@H]3C2=O)ccc(C#N)c1Cl. The van der Waals surface area contributed by atoms with Gasteiger partial charge in [0.2, 0.25) is 0 Å². The van der Waals surface area contributed by atoms with Crippen molar-refractivity contribution in [1.29, 1.82) is 5.26 Å². The molecule has 0 radical (unpaired) electrons. The Bertz CT molecular complexity index is 626. The van der Waals surface area contributed by atoms with E-state index < -0.39 is 18.2 Å². The molecule has 0 aliphatic carbocycles. The molecule has 1 unspecified atom stereocenters. The van der Waals surface area contributed by atoms with Crippen LogP contribution in [0.15, 0.2) is 12.1 Å². The molecule has 104 valence electrons. The van der Waals surface area contributed by atoms with Gasteiger partial charge in [-0.3, -0.25) is 4.79 Å². The number of benzene rings is 1. The number of hydrazine groups is 1. The average Bonchev–Trinajstić information content (AvgIpc) is 2.95. The van der Waals surface area contributed by atoms with Crippen molar-refractivity contribution in [2.75, 3.05) is 6.54 Å². The maximum absolute atomic E-state index is 12.4. The number of ketones is 1. The third kappa shape index (κ3) is 1.85. The summed E-state index contributed by atoms with van der Waals surface area (Å²) in [5.41, 5.74) is 5.03. The van der Waals surface area contributed by atoms with Crippen molar-refractivity contribution >= 4 is 17.4 Å². The number of nitriles is 1. The van der Waals surface area contributed by atoms with Gasteiger partial charge in [-0.2, -0.15) is 5.26 Å². The van der Waals surface area contributed by atoms with E-state index in [-0.39, 0.29) is 5.78 Å². The maximum Gasteiger partial charge on any atom is 0.176 e. The highest BCUT2D eigenvalue weighted by molar-refractivity contribution is 6.32. The summed E-state index contributed by atoms with van der Waals surface area (Å²) in [7, 11) is 0. The van der Waals surface area contributed by atoms with E-state index in [1.54, 1.807) is 24.1 Å². The number of Topliss-reactive ketones (excluding diaryl/α,β-unsaturated/α-hetero) is 1. The van der Waals surface area contributed by atoms with Gasteiger partial charge in [0.15, 0.2) is 5.78 Å².